The molecule has 3 rings (SSSR count). The van der Waals surface area contributed by atoms with Gasteiger partial charge in [0, 0.05) is 13.0 Å². The third kappa shape index (κ3) is 4.45. The highest BCUT2D eigenvalue weighted by Gasteiger charge is 2.34. The number of anilines is 1. The first-order chi connectivity index (χ1) is 13.7. The van der Waals surface area contributed by atoms with Crippen molar-refractivity contribution in [2.75, 3.05) is 12.0 Å². The van der Waals surface area contributed by atoms with Crippen LogP contribution in [-0.2, 0) is 12.6 Å². The van der Waals surface area contributed by atoms with Crippen molar-refractivity contribution < 1.29 is 27.5 Å². The molecule has 11 heteroatoms. The molecule has 0 bridgehead atoms. The van der Waals surface area contributed by atoms with Crippen LogP contribution in [0.3, 0.4) is 0 Å². The number of nitrogens with zero attached hydrogens (tertiary/aromatic N) is 2. The Morgan fingerprint density at radius 1 is 1.14 bits per heavy atom. The van der Waals surface area contributed by atoms with Crippen molar-refractivity contribution in [2.45, 2.75) is 12.6 Å². The fourth-order valence-electron chi connectivity index (χ4n) is 2.73. The lowest BCUT2D eigenvalue weighted by molar-refractivity contribution is -0.136. The molecule has 1 aromatic heterocycles. The molecule has 0 fully saturated rings. The van der Waals surface area contributed by atoms with Gasteiger partial charge in [0.05, 0.1) is 22.2 Å². The largest absolute Gasteiger partial charge is 0.465 e. The lowest BCUT2D eigenvalue weighted by Gasteiger charge is -2.17. The number of aromatic nitrogens is 2. The summed E-state index contributed by atoms with van der Waals surface area (Å²) >= 11 is 0. The molecule has 1 amide bonds. The van der Waals surface area contributed by atoms with Gasteiger partial charge in [-0.1, -0.05) is 6.07 Å². The van der Waals surface area contributed by atoms with Crippen molar-refractivity contribution in [1.29, 1.82) is 0 Å². The summed E-state index contributed by atoms with van der Waals surface area (Å²) in [5.41, 5.74) is 0.506. The van der Waals surface area contributed by atoms with Crippen molar-refractivity contribution >= 4 is 22.7 Å². The molecule has 0 unspecified atom stereocenters. The number of benzene rings is 2. The lowest BCUT2D eigenvalue weighted by atomic mass is 10.1. The summed E-state index contributed by atoms with van der Waals surface area (Å²) in [5.74, 6) is -0.537. The zero-order valence-electron chi connectivity index (χ0n) is 14.6. The maximum absolute atomic E-state index is 13.4. The average Bonchev–Trinajstić information content (AvgIpc) is 2.64. The molecule has 3 aromatic rings. The van der Waals surface area contributed by atoms with E-state index >= 15 is 0 Å². The zero-order chi connectivity index (χ0) is 21.2. The minimum absolute atomic E-state index is 0.0000931. The van der Waals surface area contributed by atoms with Crippen LogP contribution in [-0.4, -0.2) is 27.4 Å². The van der Waals surface area contributed by atoms with E-state index in [-0.39, 0.29) is 30.0 Å². The number of halogens is 4. The van der Waals surface area contributed by atoms with Gasteiger partial charge in [0.15, 0.2) is 0 Å². The van der Waals surface area contributed by atoms with Crippen molar-refractivity contribution in [3.8, 4) is 0 Å². The summed E-state index contributed by atoms with van der Waals surface area (Å²) in [4.78, 5) is 27.7. The summed E-state index contributed by atoms with van der Waals surface area (Å²) in [6.45, 7) is -0.128. The number of carbonyl (C=O) groups is 1. The first kappa shape index (κ1) is 20.1. The third-order valence-corrected chi connectivity index (χ3v) is 3.98. The molecule has 29 heavy (non-hydrogen) atoms. The molecule has 0 spiro atoms. The maximum atomic E-state index is 13.4. The molecule has 0 radical (unpaired) electrons. The summed E-state index contributed by atoms with van der Waals surface area (Å²) in [7, 11) is 0. The maximum Gasteiger partial charge on any atom is 0.417 e. The topological polar surface area (TPSA) is 96.2 Å². The average molecular weight is 410 g/mol. The molecule has 0 atom stereocenters. The normalized spacial score (nSPS) is 11.4. The van der Waals surface area contributed by atoms with Crippen LogP contribution in [0.1, 0.15) is 11.4 Å². The van der Waals surface area contributed by atoms with Gasteiger partial charge in [0.2, 0.25) is 0 Å². The number of hydrogen-bond donors (Lipinski definition) is 3. The summed E-state index contributed by atoms with van der Waals surface area (Å²) < 4.78 is 54.1. The molecule has 0 aliphatic carbocycles. The Morgan fingerprint density at radius 3 is 2.45 bits per heavy atom. The number of amides is 1. The van der Waals surface area contributed by atoms with Crippen molar-refractivity contribution in [2.24, 2.45) is 0 Å². The van der Waals surface area contributed by atoms with Crippen molar-refractivity contribution in [3.05, 3.63) is 70.0 Å². The Labute approximate surface area is 160 Å². The fourth-order valence-corrected chi connectivity index (χ4v) is 2.73. The Hall–Kier alpha value is -3.63. The molecule has 7 nitrogen and oxygen atoms in total. The van der Waals surface area contributed by atoms with Gasteiger partial charge in [-0.05, 0) is 36.4 Å². The van der Waals surface area contributed by atoms with Gasteiger partial charge in [-0.2, -0.15) is 13.2 Å². The highest BCUT2D eigenvalue weighted by molar-refractivity contribution is 5.82. The first-order valence-electron chi connectivity index (χ1n) is 8.28. The number of rotatable bonds is 5. The molecule has 0 aliphatic heterocycles. The van der Waals surface area contributed by atoms with Crippen LogP contribution in [0.5, 0.6) is 0 Å². The van der Waals surface area contributed by atoms with Crippen molar-refractivity contribution in [3.63, 3.8) is 0 Å². The van der Waals surface area contributed by atoms with E-state index in [2.05, 4.69) is 15.7 Å². The van der Waals surface area contributed by atoms with Gasteiger partial charge in [-0.3, -0.25) is 10.2 Å². The summed E-state index contributed by atoms with van der Waals surface area (Å²) in [5, 5.41) is 10.2. The highest BCUT2D eigenvalue weighted by Crippen LogP contribution is 2.32. The van der Waals surface area contributed by atoms with E-state index in [0.29, 0.717) is 0 Å². The number of carboxylic acid groups (broad SMARTS) is 1. The molecule has 1 heterocycles. The number of hydrogen-bond acceptors (Lipinski definition) is 4. The fraction of sp³-hybridized carbons (Fsp3) is 0.167. The van der Waals surface area contributed by atoms with Crippen LogP contribution < -0.4 is 16.3 Å². The van der Waals surface area contributed by atoms with E-state index in [1.807, 2.05) is 0 Å². The molecule has 0 aliphatic rings. The second-order valence-electron chi connectivity index (χ2n) is 5.97. The van der Waals surface area contributed by atoms with Gasteiger partial charge in [-0.15, -0.1) is 0 Å². The second kappa shape index (κ2) is 7.78. The minimum atomic E-state index is -4.78. The quantitative estimate of drug-likeness (QED) is 0.562. The van der Waals surface area contributed by atoms with Gasteiger partial charge < -0.3 is 10.4 Å². The van der Waals surface area contributed by atoms with Gasteiger partial charge in [-0.25, -0.2) is 18.8 Å². The first-order valence-corrected chi connectivity index (χ1v) is 8.28. The number of nitrogens with one attached hydrogen (secondary N) is 2. The molecule has 152 valence electrons. The summed E-state index contributed by atoms with van der Waals surface area (Å²) in [6.07, 6.45) is -6.16. The van der Waals surface area contributed by atoms with Crippen LogP contribution in [0.2, 0.25) is 0 Å². The van der Waals surface area contributed by atoms with Gasteiger partial charge >= 0.3 is 12.3 Å². The van der Waals surface area contributed by atoms with E-state index in [1.54, 1.807) is 0 Å². The minimum Gasteiger partial charge on any atom is -0.465 e. The Bertz CT molecular complexity index is 1110. The van der Waals surface area contributed by atoms with Gasteiger partial charge in [0.25, 0.3) is 5.56 Å². The van der Waals surface area contributed by atoms with Gasteiger partial charge in [0.1, 0.15) is 11.6 Å². The molecule has 2 aromatic carbocycles. The monoisotopic (exact) mass is 410 g/mol. The summed E-state index contributed by atoms with van der Waals surface area (Å²) in [6, 6.07) is 7.97. The molecular weight excluding hydrogens is 396 g/mol. The molecule has 0 saturated heterocycles. The van der Waals surface area contributed by atoms with E-state index in [0.717, 1.165) is 28.9 Å². The zero-order valence-corrected chi connectivity index (χ0v) is 14.6. The Morgan fingerprint density at radius 2 is 1.83 bits per heavy atom. The van der Waals surface area contributed by atoms with Crippen LogP contribution in [0.4, 0.5) is 28.0 Å². The molecular formula is C18H14F4N4O3. The van der Waals surface area contributed by atoms with E-state index < -0.39 is 34.6 Å². The van der Waals surface area contributed by atoms with E-state index in [1.165, 1.54) is 18.2 Å². The Kier molecular flexibility index (Phi) is 5.39. The standard InChI is InChI=1S/C18H14F4N4O3/c19-10-4-6-11(7-5-10)25-26-14(8-9-23-17(28)29)24-13-3-1-2-12(18(20,21)22)15(13)16(26)27/h1-7,23,25H,8-9H2,(H,28,29). The van der Waals surface area contributed by atoms with E-state index in [4.69, 9.17) is 5.11 Å². The number of fused-ring (bicyclic) bond motifs is 1. The smallest absolute Gasteiger partial charge is 0.417 e. The van der Waals surface area contributed by atoms with Crippen molar-refractivity contribution in [1.82, 2.24) is 15.0 Å². The Balaban J connectivity index is 2.17. The van der Waals surface area contributed by atoms with Crippen LogP contribution in [0.15, 0.2) is 47.3 Å². The predicted molar refractivity (Wildman–Crippen MR) is 96.2 cm³/mol. The highest BCUT2D eigenvalue weighted by atomic mass is 19.4. The SMILES string of the molecule is O=C(O)NCCc1nc2cccc(C(F)(F)F)c2c(=O)n1Nc1ccc(F)cc1. The number of alkyl halides is 3. The van der Waals surface area contributed by atoms with Crippen LogP contribution in [0.25, 0.3) is 10.9 Å². The predicted octanol–water partition coefficient (Wildman–Crippen LogP) is 3.24. The third-order valence-electron chi connectivity index (χ3n) is 3.98. The molecule has 0 saturated carbocycles. The lowest BCUT2D eigenvalue weighted by Crippen LogP contribution is -2.34. The van der Waals surface area contributed by atoms with E-state index in [9.17, 15) is 27.2 Å². The molecule has 3 N–H and O–H groups in total. The van der Waals surface area contributed by atoms with Crippen LogP contribution >= 0.6 is 0 Å². The second-order valence-corrected chi connectivity index (χ2v) is 5.97. The van der Waals surface area contributed by atoms with Crippen LogP contribution in [0, 0.1) is 5.82 Å².